The monoisotopic (exact) mass is 547 g/mol. The van der Waals surface area contributed by atoms with Gasteiger partial charge in [-0.05, 0) is 48.6 Å². The van der Waals surface area contributed by atoms with Crippen molar-refractivity contribution in [2.24, 2.45) is 0 Å². The molecule has 0 aliphatic rings. The summed E-state index contributed by atoms with van der Waals surface area (Å²) in [6.07, 6.45) is -1.12. The van der Waals surface area contributed by atoms with E-state index in [1.54, 1.807) is 42.5 Å². The van der Waals surface area contributed by atoms with Crippen molar-refractivity contribution >= 4 is 103 Å². The van der Waals surface area contributed by atoms with Crippen LogP contribution in [-0.2, 0) is 0 Å². The smallest absolute Gasteiger partial charge is 0.253 e. The third-order valence-corrected chi connectivity index (χ3v) is 5.07. The summed E-state index contributed by atoms with van der Waals surface area (Å²) in [6, 6.07) is 11.6. The molecular weight excluding hydrogens is 539 g/mol. The van der Waals surface area contributed by atoms with Gasteiger partial charge < -0.3 is 16.0 Å². The first-order chi connectivity index (χ1) is 12.6. The summed E-state index contributed by atoms with van der Waals surface area (Å²) in [5.74, 6) is -0.455. The summed E-state index contributed by atoms with van der Waals surface area (Å²) in [5.41, 5.74) is 0.838. The Morgan fingerprint density at radius 2 is 1.78 bits per heavy atom. The Bertz CT molecular complexity index is 862. The van der Waals surface area contributed by atoms with Crippen LogP contribution in [0, 0.1) is 0 Å². The van der Waals surface area contributed by atoms with Gasteiger partial charge in [0.2, 0.25) is 3.79 Å². The largest absolute Gasteiger partial charge is 0.339 e. The van der Waals surface area contributed by atoms with Gasteiger partial charge in [-0.3, -0.25) is 4.79 Å². The van der Waals surface area contributed by atoms with Gasteiger partial charge in [-0.2, -0.15) is 0 Å². The first kappa shape index (κ1) is 22.8. The van der Waals surface area contributed by atoms with Crippen molar-refractivity contribution in [3.05, 3.63) is 62.5 Å². The van der Waals surface area contributed by atoms with Crippen LogP contribution in [0.3, 0.4) is 0 Å². The molecule has 4 nitrogen and oxygen atoms in total. The number of benzene rings is 2. The molecule has 3 N–H and O–H groups in total. The highest BCUT2D eigenvalue weighted by Gasteiger charge is 2.35. The number of carbonyl (C=O) groups excluding carboxylic acids is 1. The summed E-state index contributed by atoms with van der Waals surface area (Å²) in [5, 5.41) is 9.11. The fourth-order valence-electron chi connectivity index (χ4n) is 1.93. The minimum absolute atomic E-state index is 0.0741. The maximum Gasteiger partial charge on any atom is 0.253 e. The molecule has 1 amide bonds. The second-order valence-corrected chi connectivity index (χ2v) is 9.72. The van der Waals surface area contributed by atoms with E-state index in [1.807, 2.05) is 0 Å². The minimum atomic E-state index is -1.88. The Morgan fingerprint density at radius 1 is 1.07 bits per heavy atom. The lowest BCUT2D eigenvalue weighted by atomic mass is 10.2. The highest BCUT2D eigenvalue weighted by atomic mass is 79.9. The number of anilines is 1. The molecule has 2 aromatic rings. The molecule has 0 bridgehead atoms. The Labute approximate surface area is 195 Å². The molecule has 0 aliphatic carbocycles. The molecule has 0 saturated carbocycles. The highest BCUT2D eigenvalue weighted by molar-refractivity contribution is 9.10. The van der Waals surface area contributed by atoms with Gasteiger partial charge in [-0.25, -0.2) is 0 Å². The van der Waals surface area contributed by atoms with Crippen LogP contribution in [0.25, 0.3) is 0 Å². The predicted molar refractivity (Wildman–Crippen MR) is 122 cm³/mol. The first-order valence-electron chi connectivity index (χ1n) is 7.22. The van der Waals surface area contributed by atoms with Gasteiger partial charge in [-0.1, -0.05) is 80.0 Å². The zero-order valence-corrected chi connectivity index (χ0v) is 19.4. The van der Waals surface area contributed by atoms with Crippen molar-refractivity contribution in [2.45, 2.75) is 9.96 Å². The fraction of sp³-hybridized carbons (Fsp3) is 0.125. The van der Waals surface area contributed by atoms with Gasteiger partial charge in [-0.15, -0.1) is 0 Å². The van der Waals surface area contributed by atoms with E-state index in [0.29, 0.717) is 21.3 Å². The van der Waals surface area contributed by atoms with Crippen LogP contribution < -0.4 is 16.0 Å². The second kappa shape index (κ2) is 9.83. The van der Waals surface area contributed by atoms with Gasteiger partial charge in [0.15, 0.2) is 5.11 Å². The first-order valence-corrected chi connectivity index (χ1v) is 10.3. The fourth-order valence-corrected chi connectivity index (χ4v) is 3.22. The molecule has 0 fully saturated rings. The van der Waals surface area contributed by atoms with Crippen molar-refractivity contribution in [1.29, 1.82) is 0 Å². The number of carbonyl (C=O) groups is 1. The number of halogens is 6. The summed E-state index contributed by atoms with van der Waals surface area (Å²) >= 11 is 38.5. The van der Waals surface area contributed by atoms with Crippen LogP contribution in [-0.4, -0.2) is 21.0 Å². The normalized spacial score (nSPS) is 12.2. The molecule has 0 radical (unpaired) electrons. The second-order valence-electron chi connectivity index (χ2n) is 5.18. The molecule has 27 heavy (non-hydrogen) atoms. The molecule has 0 spiro atoms. The molecule has 1 atom stereocenters. The van der Waals surface area contributed by atoms with Crippen molar-refractivity contribution in [2.75, 3.05) is 5.32 Å². The molecule has 0 heterocycles. The molecule has 11 heteroatoms. The van der Waals surface area contributed by atoms with Gasteiger partial charge in [0.05, 0.1) is 10.7 Å². The van der Waals surface area contributed by atoms with Gasteiger partial charge in [0.25, 0.3) is 5.91 Å². The van der Waals surface area contributed by atoms with Crippen molar-refractivity contribution in [3.63, 3.8) is 0 Å². The molecule has 0 aliphatic heterocycles. The molecule has 2 aromatic carbocycles. The van der Waals surface area contributed by atoms with E-state index in [4.69, 9.17) is 70.2 Å². The molecule has 144 valence electrons. The number of hydrogen-bond donors (Lipinski definition) is 3. The average Bonchev–Trinajstić information content (AvgIpc) is 2.56. The van der Waals surface area contributed by atoms with Crippen LogP contribution in [0.5, 0.6) is 0 Å². The standard InChI is InChI=1S/C16H11BrCl5N3OS/c17-9-3-1-2-8(6-9)13(26)24-14(16(20,21)22)25-15(27)23-12-7-10(18)4-5-11(12)19/h1-7,14H,(H,24,26)(H2,23,25,27)/t14-/m0/s1. The van der Waals surface area contributed by atoms with Crippen LogP contribution in [0.4, 0.5) is 5.69 Å². The number of alkyl halides is 3. The lowest BCUT2D eigenvalue weighted by Gasteiger charge is -2.28. The number of hydrogen-bond acceptors (Lipinski definition) is 2. The topological polar surface area (TPSA) is 53.2 Å². The van der Waals surface area contributed by atoms with Gasteiger partial charge in [0, 0.05) is 15.1 Å². The third kappa shape index (κ3) is 7.13. The number of thiocarbonyl (C=S) groups is 1. The predicted octanol–water partition coefficient (Wildman–Crippen LogP) is 6.17. The molecule has 2 rings (SSSR count). The zero-order chi connectivity index (χ0) is 20.2. The van der Waals surface area contributed by atoms with E-state index >= 15 is 0 Å². The van der Waals surface area contributed by atoms with Crippen LogP contribution in [0.15, 0.2) is 46.9 Å². The van der Waals surface area contributed by atoms with Crippen molar-refractivity contribution < 1.29 is 4.79 Å². The van der Waals surface area contributed by atoms with Crippen LogP contribution in [0.2, 0.25) is 10.0 Å². The lowest BCUT2D eigenvalue weighted by Crippen LogP contribution is -2.56. The van der Waals surface area contributed by atoms with E-state index in [2.05, 4.69) is 31.9 Å². The molecular formula is C16H11BrCl5N3OS. The lowest BCUT2D eigenvalue weighted by molar-refractivity contribution is 0.0934. The molecule has 0 aromatic heterocycles. The Morgan fingerprint density at radius 3 is 2.41 bits per heavy atom. The van der Waals surface area contributed by atoms with E-state index in [-0.39, 0.29) is 5.11 Å². The quantitative estimate of drug-likeness (QED) is 0.242. The van der Waals surface area contributed by atoms with E-state index in [1.165, 1.54) is 0 Å². The SMILES string of the molecule is O=C(N[C@@H](NC(=S)Nc1cc(Cl)ccc1Cl)C(Cl)(Cl)Cl)c1cccc(Br)c1. The van der Waals surface area contributed by atoms with Crippen molar-refractivity contribution in [3.8, 4) is 0 Å². The van der Waals surface area contributed by atoms with E-state index in [9.17, 15) is 4.79 Å². The summed E-state index contributed by atoms with van der Waals surface area (Å²) in [6.45, 7) is 0. The molecule has 0 saturated heterocycles. The van der Waals surface area contributed by atoms with Crippen LogP contribution >= 0.6 is 86.2 Å². The van der Waals surface area contributed by atoms with Crippen LogP contribution in [0.1, 0.15) is 10.4 Å². The maximum atomic E-state index is 12.4. The highest BCUT2D eigenvalue weighted by Crippen LogP contribution is 2.30. The van der Waals surface area contributed by atoms with E-state index < -0.39 is 15.9 Å². The third-order valence-electron chi connectivity index (χ3n) is 3.14. The van der Waals surface area contributed by atoms with Gasteiger partial charge >= 0.3 is 0 Å². The Hall–Kier alpha value is -0.470. The Balaban J connectivity index is 2.11. The summed E-state index contributed by atoms with van der Waals surface area (Å²) < 4.78 is -1.15. The minimum Gasteiger partial charge on any atom is -0.339 e. The number of rotatable bonds is 4. The number of amides is 1. The zero-order valence-electron chi connectivity index (χ0n) is 13.2. The maximum absolute atomic E-state index is 12.4. The average molecular weight is 551 g/mol. The number of nitrogens with one attached hydrogen (secondary N) is 3. The summed E-state index contributed by atoms with van der Waals surface area (Å²) in [4.78, 5) is 12.4. The van der Waals surface area contributed by atoms with E-state index in [0.717, 1.165) is 4.47 Å². The summed E-state index contributed by atoms with van der Waals surface area (Å²) in [7, 11) is 0. The van der Waals surface area contributed by atoms with Gasteiger partial charge in [0.1, 0.15) is 6.17 Å². The Kier molecular flexibility index (Phi) is 8.31. The van der Waals surface area contributed by atoms with Crippen molar-refractivity contribution in [1.82, 2.24) is 10.6 Å². The molecule has 0 unspecified atom stereocenters.